The maximum atomic E-state index is 11.9. The van der Waals surface area contributed by atoms with Crippen LogP contribution in [0.15, 0.2) is 0 Å². The molecule has 1 aliphatic carbocycles. The van der Waals surface area contributed by atoms with E-state index in [1.54, 1.807) is 0 Å². The van der Waals surface area contributed by atoms with E-state index < -0.39 is 10.8 Å². The van der Waals surface area contributed by atoms with Gasteiger partial charge in [-0.15, -0.1) is 0 Å². The second-order valence-electron chi connectivity index (χ2n) is 3.05. The van der Waals surface area contributed by atoms with Gasteiger partial charge in [-0.3, -0.25) is 0 Å². The van der Waals surface area contributed by atoms with Crippen LogP contribution in [-0.4, -0.2) is 16.8 Å². The van der Waals surface area contributed by atoms with Crippen LogP contribution in [0.3, 0.4) is 0 Å². The summed E-state index contributed by atoms with van der Waals surface area (Å²) in [5.41, 5.74) is 1.44. The van der Waals surface area contributed by atoms with Gasteiger partial charge in [0.1, 0.15) is 0 Å². The third kappa shape index (κ3) is 3.23. The van der Waals surface area contributed by atoms with E-state index in [2.05, 4.69) is 0 Å². The first-order valence-corrected chi connectivity index (χ1v) is 4.87. The van der Waals surface area contributed by atoms with Gasteiger partial charge in [0, 0.05) is 11.3 Å². The van der Waals surface area contributed by atoms with Gasteiger partial charge in [-0.1, -0.05) is 12.8 Å². The lowest BCUT2D eigenvalue weighted by Crippen LogP contribution is -2.36. The lowest BCUT2D eigenvalue weighted by molar-refractivity contribution is -0.0337. The molecule has 1 aliphatic rings. The molecule has 0 spiro atoms. The maximum absolute atomic E-state index is 11.9. The quantitative estimate of drug-likeness (QED) is 0.702. The fraction of sp³-hybridized carbons (Fsp3) is 1.00. The Morgan fingerprint density at radius 1 is 1.17 bits per heavy atom. The summed E-state index contributed by atoms with van der Waals surface area (Å²) in [7, 11) is 0. The third-order valence-electron chi connectivity index (χ3n) is 2.04. The molecule has 1 fully saturated rings. The maximum Gasteiger partial charge on any atom is 0.442 e. The van der Waals surface area contributed by atoms with Crippen molar-refractivity contribution in [1.29, 1.82) is 0 Å². The van der Waals surface area contributed by atoms with E-state index in [1.165, 1.54) is 0 Å². The number of halogens is 3. The first-order chi connectivity index (χ1) is 5.49. The molecule has 0 radical (unpaired) electrons. The third-order valence-corrected chi connectivity index (χ3v) is 3.19. The first kappa shape index (κ1) is 10.2. The summed E-state index contributed by atoms with van der Waals surface area (Å²) in [6, 6.07) is -0.273. The second kappa shape index (κ2) is 3.87. The monoisotopic (exact) mass is 199 g/mol. The number of nitrogens with two attached hydrogens (primary N) is 1. The molecular formula is C7H12F3NS. The Balaban J connectivity index is 2.39. The molecule has 0 amide bonds. The number of thioether (sulfide) groups is 1. The van der Waals surface area contributed by atoms with Gasteiger partial charge in [-0.25, -0.2) is 0 Å². The summed E-state index contributed by atoms with van der Waals surface area (Å²) < 4.78 is 35.8. The van der Waals surface area contributed by atoms with Crippen molar-refractivity contribution < 1.29 is 13.2 Å². The van der Waals surface area contributed by atoms with Crippen LogP contribution in [0.5, 0.6) is 0 Å². The highest BCUT2D eigenvalue weighted by Gasteiger charge is 2.36. The molecule has 1 rings (SSSR count). The molecule has 1 saturated carbocycles. The van der Waals surface area contributed by atoms with Gasteiger partial charge in [-0.05, 0) is 24.6 Å². The average molecular weight is 199 g/mol. The molecule has 0 aromatic carbocycles. The topological polar surface area (TPSA) is 26.0 Å². The highest BCUT2D eigenvalue weighted by atomic mass is 32.2. The largest absolute Gasteiger partial charge is 0.442 e. The molecule has 0 heterocycles. The Morgan fingerprint density at radius 2 is 1.75 bits per heavy atom. The van der Waals surface area contributed by atoms with E-state index in [-0.39, 0.29) is 17.8 Å². The number of alkyl halides is 3. The Morgan fingerprint density at radius 3 is 2.25 bits per heavy atom. The zero-order valence-electron chi connectivity index (χ0n) is 6.60. The molecule has 72 valence electrons. The molecule has 5 heteroatoms. The molecule has 1 nitrogen and oxygen atoms in total. The van der Waals surface area contributed by atoms with Crippen LogP contribution in [-0.2, 0) is 0 Å². The lowest BCUT2D eigenvalue weighted by atomic mass is 9.96. The van der Waals surface area contributed by atoms with Crippen LogP contribution in [0.1, 0.15) is 25.7 Å². The van der Waals surface area contributed by atoms with Crippen LogP contribution in [0, 0.1) is 0 Å². The summed E-state index contributed by atoms with van der Waals surface area (Å²) in [5, 5.41) is -0.418. The number of hydrogen-bond acceptors (Lipinski definition) is 2. The zero-order valence-corrected chi connectivity index (χ0v) is 7.42. The van der Waals surface area contributed by atoms with Crippen molar-refractivity contribution in [2.75, 3.05) is 0 Å². The van der Waals surface area contributed by atoms with Crippen molar-refractivity contribution in [2.45, 2.75) is 42.5 Å². The van der Waals surface area contributed by atoms with Crippen molar-refractivity contribution in [1.82, 2.24) is 0 Å². The summed E-state index contributed by atoms with van der Waals surface area (Å²) in [4.78, 5) is 0. The SMILES string of the molecule is N[C@H]1CCCC[C@H]1SC(F)(F)F. The Hall–Kier alpha value is 0.100. The van der Waals surface area contributed by atoms with Crippen molar-refractivity contribution >= 4 is 11.8 Å². The summed E-state index contributed by atoms with van der Waals surface area (Å²) in [5.74, 6) is 0. The van der Waals surface area contributed by atoms with Crippen LogP contribution in [0.2, 0.25) is 0 Å². The van der Waals surface area contributed by atoms with Crippen LogP contribution in [0.25, 0.3) is 0 Å². The molecule has 0 saturated heterocycles. The predicted molar refractivity (Wildman–Crippen MR) is 43.9 cm³/mol. The zero-order chi connectivity index (χ0) is 9.19. The Bertz CT molecular complexity index is 148. The highest BCUT2D eigenvalue weighted by Crippen LogP contribution is 2.39. The van der Waals surface area contributed by atoms with Gasteiger partial charge in [0.2, 0.25) is 0 Å². The minimum Gasteiger partial charge on any atom is -0.327 e. The average Bonchev–Trinajstić information content (AvgIpc) is 1.91. The standard InChI is InChI=1S/C7H12F3NS/c8-7(9,10)12-6-4-2-1-3-5(6)11/h5-6H,1-4,11H2/t5-,6+/m0/s1. The van der Waals surface area contributed by atoms with Gasteiger partial charge in [-0.2, -0.15) is 13.2 Å². The van der Waals surface area contributed by atoms with E-state index in [9.17, 15) is 13.2 Å². The lowest BCUT2D eigenvalue weighted by Gasteiger charge is -2.28. The molecule has 0 aromatic rings. The number of hydrogen-bond donors (Lipinski definition) is 1. The summed E-state index contributed by atoms with van der Waals surface area (Å²) in [6.45, 7) is 0. The van der Waals surface area contributed by atoms with Crippen molar-refractivity contribution in [3.63, 3.8) is 0 Å². The van der Waals surface area contributed by atoms with Crippen LogP contribution in [0.4, 0.5) is 13.2 Å². The minimum absolute atomic E-state index is 0.0608. The van der Waals surface area contributed by atoms with E-state index in [0.29, 0.717) is 6.42 Å². The van der Waals surface area contributed by atoms with E-state index in [1.807, 2.05) is 0 Å². The minimum atomic E-state index is -4.13. The smallest absolute Gasteiger partial charge is 0.327 e. The normalized spacial score (nSPS) is 32.0. The van der Waals surface area contributed by atoms with Crippen molar-refractivity contribution in [3.8, 4) is 0 Å². The van der Waals surface area contributed by atoms with E-state index >= 15 is 0 Å². The molecule has 0 unspecified atom stereocenters. The molecule has 0 bridgehead atoms. The van der Waals surface area contributed by atoms with Gasteiger partial charge in [0.25, 0.3) is 0 Å². The molecule has 2 atom stereocenters. The summed E-state index contributed by atoms with van der Waals surface area (Å²) in [6.07, 6.45) is 3.18. The van der Waals surface area contributed by atoms with Crippen LogP contribution >= 0.6 is 11.8 Å². The second-order valence-corrected chi connectivity index (χ2v) is 4.35. The number of rotatable bonds is 1. The van der Waals surface area contributed by atoms with Crippen molar-refractivity contribution in [2.24, 2.45) is 5.73 Å². The first-order valence-electron chi connectivity index (χ1n) is 3.99. The highest BCUT2D eigenvalue weighted by molar-refractivity contribution is 8.00. The molecule has 0 aromatic heterocycles. The fourth-order valence-electron chi connectivity index (χ4n) is 1.44. The molecule has 0 aliphatic heterocycles. The predicted octanol–water partition coefficient (Wildman–Crippen LogP) is 2.51. The van der Waals surface area contributed by atoms with Gasteiger partial charge in [0.05, 0.1) is 0 Å². The molecule has 2 N–H and O–H groups in total. The summed E-state index contributed by atoms with van der Waals surface area (Å²) >= 11 is 0.0608. The van der Waals surface area contributed by atoms with Crippen LogP contribution < -0.4 is 5.73 Å². The molecular weight excluding hydrogens is 187 g/mol. The van der Waals surface area contributed by atoms with E-state index in [0.717, 1.165) is 19.3 Å². The van der Waals surface area contributed by atoms with Crippen molar-refractivity contribution in [3.05, 3.63) is 0 Å². The van der Waals surface area contributed by atoms with Gasteiger partial charge in [0.15, 0.2) is 0 Å². The fourth-order valence-corrected chi connectivity index (χ4v) is 2.38. The van der Waals surface area contributed by atoms with Gasteiger partial charge < -0.3 is 5.73 Å². The Kier molecular flexibility index (Phi) is 3.29. The van der Waals surface area contributed by atoms with Gasteiger partial charge >= 0.3 is 5.51 Å². The van der Waals surface area contributed by atoms with E-state index in [4.69, 9.17) is 5.73 Å². The Labute approximate surface area is 73.9 Å². The molecule has 12 heavy (non-hydrogen) atoms.